The van der Waals surface area contributed by atoms with E-state index in [0.29, 0.717) is 6.42 Å². The first-order chi connectivity index (χ1) is 9.60. The van der Waals surface area contributed by atoms with Crippen LogP contribution in [-0.2, 0) is 4.79 Å². The molecule has 20 heavy (non-hydrogen) atoms. The smallest absolute Gasteiger partial charge is 0.222 e. The Morgan fingerprint density at radius 3 is 2.45 bits per heavy atom. The van der Waals surface area contributed by atoms with Crippen molar-refractivity contribution in [1.29, 1.82) is 0 Å². The van der Waals surface area contributed by atoms with Crippen LogP contribution in [0, 0.1) is 0 Å². The molecule has 0 aromatic heterocycles. The van der Waals surface area contributed by atoms with Gasteiger partial charge in [-0.3, -0.25) is 9.69 Å². The zero-order valence-corrected chi connectivity index (χ0v) is 12.7. The number of amidine groups is 1. The fraction of sp³-hybridized carbons (Fsp3) is 0.857. The fourth-order valence-corrected chi connectivity index (χ4v) is 2.49. The van der Waals surface area contributed by atoms with Crippen molar-refractivity contribution in [2.45, 2.75) is 52.0 Å². The first-order valence-electron chi connectivity index (χ1n) is 7.59. The lowest BCUT2D eigenvalue weighted by Crippen LogP contribution is -2.54. The highest BCUT2D eigenvalue weighted by Crippen LogP contribution is 2.10. The number of amides is 1. The average molecular weight is 284 g/mol. The number of rotatable bonds is 7. The van der Waals surface area contributed by atoms with Crippen LogP contribution >= 0.6 is 0 Å². The molecule has 0 bridgehead atoms. The number of carbonyl (C=O) groups is 1. The number of unbranched alkanes of at least 4 members (excludes halogenated alkanes) is 3. The van der Waals surface area contributed by atoms with Crippen LogP contribution in [0.5, 0.6) is 0 Å². The maximum atomic E-state index is 12.0. The highest BCUT2D eigenvalue weighted by atomic mass is 16.4. The zero-order chi connectivity index (χ0) is 15.0. The van der Waals surface area contributed by atoms with Gasteiger partial charge in [-0.1, -0.05) is 31.3 Å². The molecule has 0 radical (unpaired) electrons. The minimum atomic E-state index is -0.0817. The molecular formula is C14H28N4O2. The van der Waals surface area contributed by atoms with Crippen molar-refractivity contribution in [1.82, 2.24) is 9.80 Å². The average Bonchev–Trinajstić information content (AvgIpc) is 2.50. The Morgan fingerprint density at radius 2 is 1.90 bits per heavy atom. The van der Waals surface area contributed by atoms with Gasteiger partial charge < -0.3 is 15.8 Å². The Morgan fingerprint density at radius 1 is 1.25 bits per heavy atom. The van der Waals surface area contributed by atoms with Crippen LogP contribution in [0.2, 0.25) is 0 Å². The molecule has 1 saturated heterocycles. The van der Waals surface area contributed by atoms with Gasteiger partial charge in [0.25, 0.3) is 0 Å². The van der Waals surface area contributed by atoms with Gasteiger partial charge in [-0.2, -0.15) is 0 Å². The Balaban J connectivity index is 2.29. The SMILES string of the molecule is CCCCCCC(=O)N1CCN(C(C)C(N)=NO)CC1. The van der Waals surface area contributed by atoms with E-state index in [9.17, 15) is 4.79 Å². The van der Waals surface area contributed by atoms with E-state index in [1.54, 1.807) is 0 Å². The third-order valence-corrected chi connectivity index (χ3v) is 4.00. The summed E-state index contributed by atoms with van der Waals surface area (Å²) in [5.74, 6) is 0.488. The van der Waals surface area contributed by atoms with Crippen molar-refractivity contribution in [3.05, 3.63) is 0 Å². The third kappa shape index (κ3) is 5.00. The van der Waals surface area contributed by atoms with Crippen molar-refractivity contribution >= 4 is 11.7 Å². The van der Waals surface area contributed by atoms with E-state index in [4.69, 9.17) is 10.9 Å². The first-order valence-corrected chi connectivity index (χ1v) is 7.59. The lowest BCUT2D eigenvalue weighted by atomic mass is 10.1. The second-order valence-electron chi connectivity index (χ2n) is 5.43. The molecule has 0 aliphatic carbocycles. The molecule has 3 N–H and O–H groups in total. The molecule has 1 fully saturated rings. The van der Waals surface area contributed by atoms with Gasteiger partial charge in [0.2, 0.25) is 5.91 Å². The highest BCUT2D eigenvalue weighted by molar-refractivity contribution is 5.84. The molecule has 1 amide bonds. The lowest BCUT2D eigenvalue weighted by molar-refractivity contribution is -0.133. The number of carbonyl (C=O) groups excluding carboxylic acids is 1. The molecule has 0 aromatic rings. The lowest BCUT2D eigenvalue weighted by Gasteiger charge is -2.37. The molecule has 1 unspecified atom stereocenters. The summed E-state index contributed by atoms with van der Waals surface area (Å²) in [6.07, 6.45) is 5.20. The molecule has 1 heterocycles. The molecule has 6 nitrogen and oxygen atoms in total. The van der Waals surface area contributed by atoms with E-state index in [2.05, 4.69) is 17.0 Å². The Kier molecular flexibility index (Phi) is 7.36. The number of nitrogens with two attached hydrogens (primary N) is 1. The molecule has 1 rings (SSSR count). The van der Waals surface area contributed by atoms with E-state index < -0.39 is 0 Å². The largest absolute Gasteiger partial charge is 0.409 e. The second-order valence-corrected chi connectivity index (χ2v) is 5.43. The summed E-state index contributed by atoms with van der Waals surface area (Å²) >= 11 is 0. The topological polar surface area (TPSA) is 82.2 Å². The molecular weight excluding hydrogens is 256 g/mol. The molecule has 1 aliphatic rings. The van der Waals surface area contributed by atoms with Gasteiger partial charge in [0, 0.05) is 32.6 Å². The molecule has 1 aliphatic heterocycles. The van der Waals surface area contributed by atoms with Crippen molar-refractivity contribution in [2.24, 2.45) is 10.9 Å². The van der Waals surface area contributed by atoms with Gasteiger partial charge >= 0.3 is 0 Å². The zero-order valence-electron chi connectivity index (χ0n) is 12.7. The molecule has 1 atom stereocenters. The van der Waals surface area contributed by atoms with Crippen LogP contribution in [0.1, 0.15) is 46.0 Å². The van der Waals surface area contributed by atoms with Crippen LogP contribution in [-0.4, -0.2) is 59.0 Å². The molecule has 116 valence electrons. The van der Waals surface area contributed by atoms with Crippen LogP contribution in [0.4, 0.5) is 0 Å². The van der Waals surface area contributed by atoms with E-state index >= 15 is 0 Å². The maximum absolute atomic E-state index is 12.0. The summed E-state index contributed by atoms with van der Waals surface area (Å²) in [7, 11) is 0. The Bertz CT molecular complexity index is 325. The molecule has 0 aromatic carbocycles. The minimum absolute atomic E-state index is 0.0817. The van der Waals surface area contributed by atoms with Crippen molar-refractivity contribution < 1.29 is 10.0 Å². The van der Waals surface area contributed by atoms with Crippen LogP contribution in [0.15, 0.2) is 5.16 Å². The molecule has 0 saturated carbocycles. The van der Waals surface area contributed by atoms with E-state index in [-0.39, 0.29) is 17.8 Å². The molecule has 6 heteroatoms. The quantitative estimate of drug-likeness (QED) is 0.242. The minimum Gasteiger partial charge on any atom is -0.409 e. The summed E-state index contributed by atoms with van der Waals surface area (Å²) in [6.45, 7) is 7.10. The number of piperazine rings is 1. The van der Waals surface area contributed by atoms with Crippen LogP contribution in [0.3, 0.4) is 0 Å². The van der Waals surface area contributed by atoms with Crippen molar-refractivity contribution in [3.63, 3.8) is 0 Å². The van der Waals surface area contributed by atoms with Gasteiger partial charge in [0.1, 0.15) is 0 Å². The van der Waals surface area contributed by atoms with E-state index in [0.717, 1.165) is 39.0 Å². The van der Waals surface area contributed by atoms with Gasteiger partial charge in [0.05, 0.1) is 6.04 Å². The van der Waals surface area contributed by atoms with Gasteiger partial charge in [-0.05, 0) is 13.3 Å². The molecule has 0 spiro atoms. The fourth-order valence-electron chi connectivity index (χ4n) is 2.49. The van der Waals surface area contributed by atoms with Crippen molar-refractivity contribution in [2.75, 3.05) is 26.2 Å². The number of hydrogen-bond donors (Lipinski definition) is 2. The number of nitrogens with zero attached hydrogens (tertiary/aromatic N) is 3. The summed E-state index contributed by atoms with van der Waals surface area (Å²) < 4.78 is 0. The first kappa shape index (κ1) is 16.8. The highest BCUT2D eigenvalue weighted by Gasteiger charge is 2.25. The third-order valence-electron chi connectivity index (χ3n) is 4.00. The summed E-state index contributed by atoms with van der Waals surface area (Å²) in [6, 6.07) is -0.0817. The van der Waals surface area contributed by atoms with Gasteiger partial charge in [0.15, 0.2) is 5.84 Å². The predicted octanol–water partition coefficient (Wildman–Crippen LogP) is 1.24. The monoisotopic (exact) mass is 284 g/mol. The number of oxime groups is 1. The Labute approximate surface area is 121 Å². The van der Waals surface area contributed by atoms with Crippen molar-refractivity contribution in [3.8, 4) is 0 Å². The van der Waals surface area contributed by atoms with E-state index in [1.165, 1.54) is 12.8 Å². The maximum Gasteiger partial charge on any atom is 0.222 e. The second kappa shape index (κ2) is 8.79. The van der Waals surface area contributed by atoms with Crippen LogP contribution < -0.4 is 5.73 Å². The summed E-state index contributed by atoms with van der Waals surface area (Å²) in [5, 5.41) is 11.7. The summed E-state index contributed by atoms with van der Waals surface area (Å²) in [5.41, 5.74) is 5.61. The normalized spacial score (nSPS) is 19.1. The number of hydrogen-bond acceptors (Lipinski definition) is 4. The predicted molar refractivity (Wildman–Crippen MR) is 79.8 cm³/mol. The van der Waals surface area contributed by atoms with E-state index in [1.807, 2.05) is 11.8 Å². The van der Waals surface area contributed by atoms with Gasteiger partial charge in [-0.15, -0.1) is 0 Å². The van der Waals surface area contributed by atoms with Gasteiger partial charge in [-0.25, -0.2) is 0 Å². The van der Waals surface area contributed by atoms with Crippen LogP contribution in [0.25, 0.3) is 0 Å². The summed E-state index contributed by atoms with van der Waals surface area (Å²) in [4.78, 5) is 16.1. The Hall–Kier alpha value is -1.30. The standard InChI is InChI=1S/C14H28N4O2/c1-3-4-5-6-7-13(19)18-10-8-17(9-11-18)12(2)14(15)16-20/h12,20H,3-11H2,1-2H3,(H2,15,16).